The number of benzene rings is 1. The molecule has 10 nitrogen and oxygen atoms in total. The van der Waals surface area contributed by atoms with Crippen molar-refractivity contribution < 1.29 is 8.78 Å². The Morgan fingerprint density at radius 3 is 2.59 bits per heavy atom. The first kappa shape index (κ1) is 26.3. The Hall–Kier alpha value is -4.97. The topological polar surface area (TPSA) is 115 Å². The maximum Gasteiger partial charge on any atom is 0.178 e. The lowest BCUT2D eigenvalue weighted by Gasteiger charge is -2.13. The molecular formula is C29H28F2N10. The van der Waals surface area contributed by atoms with E-state index in [2.05, 4.69) is 40.4 Å². The van der Waals surface area contributed by atoms with Crippen molar-refractivity contribution in [3.63, 3.8) is 0 Å². The first-order valence-corrected chi connectivity index (χ1v) is 13.0. The van der Waals surface area contributed by atoms with Crippen molar-refractivity contribution in [2.24, 2.45) is 0 Å². The molecule has 208 valence electrons. The molecule has 1 aromatic carbocycles. The van der Waals surface area contributed by atoms with E-state index in [1.165, 1.54) is 18.3 Å². The third kappa shape index (κ3) is 5.05. The number of rotatable bonds is 8. The average molecular weight is 555 g/mol. The Balaban J connectivity index is 1.42. The van der Waals surface area contributed by atoms with E-state index in [0.717, 1.165) is 12.2 Å². The summed E-state index contributed by atoms with van der Waals surface area (Å²) in [5.74, 6) is -0.591. The van der Waals surface area contributed by atoms with E-state index < -0.39 is 5.82 Å². The lowest BCUT2D eigenvalue weighted by Crippen LogP contribution is -2.20. The fraction of sp³-hybridized carbons (Fsp3) is 0.207. The molecule has 0 aliphatic heterocycles. The molecule has 41 heavy (non-hydrogen) atoms. The van der Waals surface area contributed by atoms with E-state index in [9.17, 15) is 4.39 Å². The monoisotopic (exact) mass is 554 g/mol. The number of H-pyrrole nitrogens is 2. The Kier molecular flexibility index (Phi) is 6.75. The Bertz CT molecular complexity index is 1880. The largest absolute Gasteiger partial charge is 0.384 e. The van der Waals surface area contributed by atoms with E-state index in [4.69, 9.17) is 0 Å². The number of aromatic amines is 2. The molecule has 0 unspecified atom stereocenters. The van der Waals surface area contributed by atoms with Crippen LogP contribution in [0.25, 0.3) is 56.0 Å². The molecule has 6 rings (SSSR count). The number of anilines is 2. The van der Waals surface area contributed by atoms with Crippen LogP contribution in [-0.4, -0.2) is 81.3 Å². The lowest BCUT2D eigenvalue weighted by molar-refractivity contribution is 0.425. The molecule has 0 spiro atoms. The number of hydrogen-bond donors (Lipinski definition) is 3. The van der Waals surface area contributed by atoms with E-state index in [-0.39, 0.29) is 22.6 Å². The summed E-state index contributed by atoms with van der Waals surface area (Å²) in [7, 11) is 7.73. The summed E-state index contributed by atoms with van der Waals surface area (Å²) in [6, 6.07) is 8.42. The molecule has 0 radical (unpaired) electrons. The van der Waals surface area contributed by atoms with Crippen molar-refractivity contribution in [3.8, 4) is 33.9 Å². The van der Waals surface area contributed by atoms with Gasteiger partial charge in [-0.25, -0.2) is 18.7 Å². The minimum atomic E-state index is -0.545. The Morgan fingerprint density at radius 2 is 1.78 bits per heavy atom. The zero-order valence-corrected chi connectivity index (χ0v) is 23.0. The zero-order valence-electron chi connectivity index (χ0n) is 23.0. The summed E-state index contributed by atoms with van der Waals surface area (Å²) in [6.07, 6.45) is 6.42. The molecule has 0 aliphatic rings. The van der Waals surface area contributed by atoms with Crippen molar-refractivity contribution in [3.05, 3.63) is 66.8 Å². The van der Waals surface area contributed by atoms with Crippen LogP contribution in [0.5, 0.6) is 0 Å². The van der Waals surface area contributed by atoms with E-state index >= 15 is 4.39 Å². The van der Waals surface area contributed by atoms with Gasteiger partial charge in [0.1, 0.15) is 17.2 Å². The van der Waals surface area contributed by atoms with Gasteiger partial charge in [-0.2, -0.15) is 5.10 Å². The zero-order chi connectivity index (χ0) is 28.7. The molecule has 0 amide bonds. The summed E-state index contributed by atoms with van der Waals surface area (Å²) < 4.78 is 30.7. The van der Waals surface area contributed by atoms with Crippen LogP contribution >= 0.6 is 0 Å². The fourth-order valence-corrected chi connectivity index (χ4v) is 4.68. The van der Waals surface area contributed by atoms with Crippen LogP contribution < -0.4 is 10.2 Å². The third-order valence-corrected chi connectivity index (χ3v) is 6.77. The van der Waals surface area contributed by atoms with Gasteiger partial charge in [0.25, 0.3) is 0 Å². The van der Waals surface area contributed by atoms with Gasteiger partial charge in [-0.3, -0.25) is 15.1 Å². The SMILES string of the molecule is CN(C)CCNc1cc(F)cc(-c2ccnc3nc(-c4n[nH]c5cnc(-c6cncc(N(C)C)c6)c(F)c45)[nH]c23)c1. The van der Waals surface area contributed by atoms with Crippen molar-refractivity contribution >= 4 is 33.4 Å². The van der Waals surface area contributed by atoms with Crippen LogP contribution in [0, 0.1) is 11.6 Å². The van der Waals surface area contributed by atoms with Crippen molar-refractivity contribution in [2.75, 3.05) is 51.5 Å². The highest BCUT2D eigenvalue weighted by Crippen LogP contribution is 2.35. The molecule has 0 bridgehead atoms. The van der Waals surface area contributed by atoms with Gasteiger partial charge < -0.3 is 20.1 Å². The molecular weight excluding hydrogens is 526 g/mol. The van der Waals surface area contributed by atoms with E-state index in [0.29, 0.717) is 51.4 Å². The van der Waals surface area contributed by atoms with Crippen LogP contribution in [0.1, 0.15) is 0 Å². The predicted molar refractivity (Wildman–Crippen MR) is 157 cm³/mol. The number of nitrogens with one attached hydrogen (secondary N) is 3. The van der Waals surface area contributed by atoms with Crippen LogP contribution in [0.4, 0.5) is 20.2 Å². The predicted octanol–water partition coefficient (Wildman–Crippen LogP) is 4.94. The molecule has 0 aliphatic carbocycles. The second-order valence-electron chi connectivity index (χ2n) is 10.2. The fourth-order valence-electron chi connectivity index (χ4n) is 4.68. The summed E-state index contributed by atoms with van der Waals surface area (Å²) in [5, 5.41) is 10.7. The number of hydrogen-bond acceptors (Lipinski definition) is 8. The lowest BCUT2D eigenvalue weighted by atomic mass is 10.0. The first-order valence-electron chi connectivity index (χ1n) is 13.0. The van der Waals surface area contributed by atoms with Gasteiger partial charge in [0, 0.05) is 56.4 Å². The molecule has 3 N–H and O–H groups in total. The minimum absolute atomic E-state index is 0.153. The molecule has 0 saturated heterocycles. The molecule has 0 saturated carbocycles. The number of fused-ring (bicyclic) bond motifs is 2. The highest BCUT2D eigenvalue weighted by Gasteiger charge is 2.22. The summed E-state index contributed by atoms with van der Waals surface area (Å²) in [6.45, 7) is 1.47. The standard InChI is InChI=1S/C29H28F2N10/c1-40(2)8-7-33-19-10-16(9-18(30)12-19)21-5-6-34-28-26(21)36-29(37-28)27-23-22(38-39-27)15-35-25(24(23)31)17-11-20(41(3)4)14-32-13-17/h5-6,9-15,33H,7-8H2,1-4H3,(H,38,39)(H,34,36,37). The first-order chi connectivity index (χ1) is 19.8. The highest BCUT2D eigenvalue weighted by atomic mass is 19.1. The summed E-state index contributed by atoms with van der Waals surface area (Å²) in [5.41, 5.74) is 5.23. The minimum Gasteiger partial charge on any atom is -0.384 e. The van der Waals surface area contributed by atoms with Gasteiger partial charge in [0.15, 0.2) is 17.3 Å². The van der Waals surface area contributed by atoms with Gasteiger partial charge in [-0.05, 0) is 50.0 Å². The third-order valence-electron chi connectivity index (χ3n) is 6.77. The Labute approximate surface area is 234 Å². The van der Waals surface area contributed by atoms with Crippen LogP contribution in [0.15, 0.2) is 55.1 Å². The van der Waals surface area contributed by atoms with Gasteiger partial charge in [0.05, 0.1) is 34.5 Å². The summed E-state index contributed by atoms with van der Waals surface area (Å²) in [4.78, 5) is 24.8. The second-order valence-corrected chi connectivity index (χ2v) is 10.2. The molecule has 0 atom stereocenters. The molecule has 0 fully saturated rings. The maximum atomic E-state index is 16.0. The van der Waals surface area contributed by atoms with E-state index in [1.807, 2.05) is 50.1 Å². The van der Waals surface area contributed by atoms with Gasteiger partial charge in [-0.15, -0.1) is 0 Å². The van der Waals surface area contributed by atoms with Gasteiger partial charge in [-0.1, -0.05) is 0 Å². The van der Waals surface area contributed by atoms with Crippen LogP contribution in [-0.2, 0) is 0 Å². The van der Waals surface area contributed by atoms with Crippen molar-refractivity contribution in [1.29, 1.82) is 0 Å². The number of imidazole rings is 1. The summed E-state index contributed by atoms with van der Waals surface area (Å²) >= 11 is 0. The van der Waals surface area contributed by atoms with Crippen molar-refractivity contribution in [2.45, 2.75) is 0 Å². The highest BCUT2D eigenvalue weighted by molar-refractivity contribution is 5.97. The molecule has 12 heteroatoms. The smallest absolute Gasteiger partial charge is 0.178 e. The van der Waals surface area contributed by atoms with Crippen LogP contribution in [0.2, 0.25) is 0 Å². The molecule has 5 aromatic heterocycles. The number of likely N-dealkylation sites (N-methyl/N-ethyl adjacent to an activating group) is 1. The molecule has 6 aromatic rings. The van der Waals surface area contributed by atoms with Gasteiger partial charge in [0.2, 0.25) is 0 Å². The molecule has 5 heterocycles. The van der Waals surface area contributed by atoms with Crippen LogP contribution in [0.3, 0.4) is 0 Å². The van der Waals surface area contributed by atoms with Gasteiger partial charge >= 0.3 is 0 Å². The number of aromatic nitrogens is 7. The quantitative estimate of drug-likeness (QED) is 0.242. The average Bonchev–Trinajstić information content (AvgIpc) is 3.57. The number of pyridine rings is 3. The normalized spacial score (nSPS) is 11.6. The number of nitrogens with zero attached hydrogens (tertiary/aromatic N) is 7. The number of halogens is 2. The maximum absolute atomic E-state index is 16.0. The second kappa shape index (κ2) is 10.5. The Morgan fingerprint density at radius 1 is 0.927 bits per heavy atom. The van der Waals surface area contributed by atoms with E-state index in [1.54, 1.807) is 24.7 Å². The van der Waals surface area contributed by atoms with Crippen molar-refractivity contribution in [1.82, 2.24) is 40.0 Å².